The van der Waals surface area contributed by atoms with E-state index in [0.29, 0.717) is 18.0 Å². The van der Waals surface area contributed by atoms with Crippen LogP contribution in [0, 0.1) is 5.82 Å². The first-order chi connectivity index (χ1) is 8.88. The Morgan fingerprint density at radius 1 is 1.37 bits per heavy atom. The van der Waals surface area contributed by atoms with Crippen molar-refractivity contribution < 1.29 is 9.18 Å². The number of amides is 1. The number of hydrogen-bond acceptors (Lipinski definition) is 2. The lowest BCUT2D eigenvalue weighted by Gasteiger charge is -2.15. The summed E-state index contributed by atoms with van der Waals surface area (Å²) in [5.41, 5.74) is 0.819. The van der Waals surface area contributed by atoms with E-state index in [9.17, 15) is 9.18 Å². The maximum atomic E-state index is 12.9. The van der Waals surface area contributed by atoms with Crippen LogP contribution in [-0.2, 0) is 11.3 Å². The van der Waals surface area contributed by atoms with Crippen LogP contribution in [0.25, 0.3) is 0 Å². The minimum atomic E-state index is -0.349. The summed E-state index contributed by atoms with van der Waals surface area (Å²) in [7, 11) is 0. The smallest absolute Gasteiger partial charge is 0.221 e. The van der Waals surface area contributed by atoms with Crippen molar-refractivity contribution in [2.75, 3.05) is 0 Å². The van der Waals surface area contributed by atoms with Crippen LogP contribution < -0.4 is 10.6 Å². The molecule has 1 atom stereocenters. The summed E-state index contributed by atoms with van der Waals surface area (Å²) < 4.78 is 12.9. The van der Waals surface area contributed by atoms with Gasteiger partial charge in [-0.25, -0.2) is 4.39 Å². The Bertz CT molecular complexity index is 437. The standard InChI is InChI=1S/C14H20ClFN2O/c1-9(2)18-14(19)6-10(3)17-8-11-4-5-12(16)7-13(11)15/h4-5,7,9-10,17H,6,8H2,1-3H3,(H,18,19)/t10-/m1/s1. The first-order valence-electron chi connectivity index (χ1n) is 6.35. The Kier molecular flexibility index (Phi) is 6.25. The van der Waals surface area contributed by atoms with Gasteiger partial charge in [0.15, 0.2) is 0 Å². The topological polar surface area (TPSA) is 41.1 Å². The van der Waals surface area contributed by atoms with Gasteiger partial charge < -0.3 is 10.6 Å². The summed E-state index contributed by atoms with van der Waals surface area (Å²) in [5, 5.41) is 6.43. The average Bonchev–Trinajstić information content (AvgIpc) is 2.26. The molecular formula is C14H20ClFN2O. The van der Waals surface area contributed by atoms with Gasteiger partial charge in [0.1, 0.15) is 5.82 Å². The van der Waals surface area contributed by atoms with Crippen LogP contribution in [0.2, 0.25) is 5.02 Å². The van der Waals surface area contributed by atoms with Crippen LogP contribution in [0.3, 0.4) is 0 Å². The van der Waals surface area contributed by atoms with Crippen molar-refractivity contribution in [3.63, 3.8) is 0 Å². The SMILES string of the molecule is CC(C)NC(=O)C[C@@H](C)NCc1ccc(F)cc1Cl. The molecule has 1 rings (SSSR count). The highest BCUT2D eigenvalue weighted by molar-refractivity contribution is 6.31. The van der Waals surface area contributed by atoms with E-state index >= 15 is 0 Å². The monoisotopic (exact) mass is 286 g/mol. The molecule has 1 aromatic carbocycles. The molecular weight excluding hydrogens is 267 g/mol. The van der Waals surface area contributed by atoms with Crippen molar-refractivity contribution in [3.05, 3.63) is 34.6 Å². The molecule has 0 fully saturated rings. The number of halogens is 2. The van der Waals surface area contributed by atoms with Crippen molar-refractivity contribution in [3.8, 4) is 0 Å². The van der Waals surface area contributed by atoms with E-state index in [2.05, 4.69) is 10.6 Å². The Hall–Kier alpha value is -1.13. The lowest BCUT2D eigenvalue weighted by Crippen LogP contribution is -2.36. The predicted molar refractivity (Wildman–Crippen MR) is 75.6 cm³/mol. The molecule has 19 heavy (non-hydrogen) atoms. The van der Waals surface area contributed by atoms with Crippen molar-refractivity contribution in [2.45, 2.75) is 45.8 Å². The fourth-order valence-corrected chi connectivity index (χ4v) is 1.91. The van der Waals surface area contributed by atoms with Crippen molar-refractivity contribution in [1.82, 2.24) is 10.6 Å². The number of rotatable bonds is 6. The minimum absolute atomic E-state index is 0.0141. The molecule has 0 unspecified atom stereocenters. The molecule has 0 aliphatic heterocycles. The van der Waals surface area contributed by atoms with E-state index in [0.717, 1.165) is 5.56 Å². The van der Waals surface area contributed by atoms with Gasteiger partial charge in [-0.3, -0.25) is 4.79 Å². The zero-order valence-electron chi connectivity index (χ0n) is 11.5. The third-order valence-corrected chi connectivity index (χ3v) is 2.95. The minimum Gasteiger partial charge on any atom is -0.354 e. The second-order valence-electron chi connectivity index (χ2n) is 4.94. The number of carbonyl (C=O) groups excluding carboxylic acids is 1. The average molecular weight is 287 g/mol. The third-order valence-electron chi connectivity index (χ3n) is 2.60. The molecule has 0 saturated heterocycles. The first kappa shape index (κ1) is 15.9. The quantitative estimate of drug-likeness (QED) is 0.844. The van der Waals surface area contributed by atoms with Crippen LogP contribution in [0.5, 0.6) is 0 Å². The maximum absolute atomic E-state index is 12.9. The number of hydrogen-bond donors (Lipinski definition) is 2. The van der Waals surface area contributed by atoms with E-state index in [1.165, 1.54) is 12.1 Å². The zero-order chi connectivity index (χ0) is 14.4. The molecule has 0 bridgehead atoms. The second kappa shape index (κ2) is 7.46. The summed E-state index contributed by atoms with van der Waals surface area (Å²) in [4.78, 5) is 11.6. The van der Waals surface area contributed by atoms with Crippen LogP contribution in [0.15, 0.2) is 18.2 Å². The van der Waals surface area contributed by atoms with Gasteiger partial charge in [-0.1, -0.05) is 17.7 Å². The predicted octanol–water partition coefficient (Wildman–Crippen LogP) is 2.87. The van der Waals surface area contributed by atoms with Gasteiger partial charge in [-0.05, 0) is 38.5 Å². The highest BCUT2D eigenvalue weighted by Crippen LogP contribution is 2.17. The van der Waals surface area contributed by atoms with Crippen LogP contribution >= 0.6 is 11.6 Å². The van der Waals surface area contributed by atoms with Gasteiger partial charge >= 0.3 is 0 Å². The van der Waals surface area contributed by atoms with E-state index < -0.39 is 0 Å². The maximum Gasteiger partial charge on any atom is 0.221 e. The number of benzene rings is 1. The lowest BCUT2D eigenvalue weighted by atomic mass is 10.1. The summed E-state index contributed by atoms with van der Waals surface area (Å²) >= 11 is 5.93. The van der Waals surface area contributed by atoms with Gasteiger partial charge in [-0.2, -0.15) is 0 Å². The Balaban J connectivity index is 2.41. The second-order valence-corrected chi connectivity index (χ2v) is 5.35. The fourth-order valence-electron chi connectivity index (χ4n) is 1.68. The molecule has 0 aliphatic rings. The molecule has 106 valence electrons. The van der Waals surface area contributed by atoms with E-state index in [1.807, 2.05) is 20.8 Å². The van der Waals surface area contributed by atoms with Gasteiger partial charge in [0, 0.05) is 30.1 Å². The van der Waals surface area contributed by atoms with Crippen molar-refractivity contribution in [1.29, 1.82) is 0 Å². The van der Waals surface area contributed by atoms with Gasteiger partial charge in [-0.15, -0.1) is 0 Å². The van der Waals surface area contributed by atoms with Gasteiger partial charge in [0.25, 0.3) is 0 Å². The van der Waals surface area contributed by atoms with E-state index in [-0.39, 0.29) is 23.8 Å². The van der Waals surface area contributed by atoms with Crippen LogP contribution in [-0.4, -0.2) is 18.0 Å². The largest absolute Gasteiger partial charge is 0.354 e. The molecule has 0 radical (unpaired) electrons. The van der Waals surface area contributed by atoms with Crippen molar-refractivity contribution >= 4 is 17.5 Å². The molecule has 0 aliphatic carbocycles. The van der Waals surface area contributed by atoms with E-state index in [1.54, 1.807) is 6.07 Å². The van der Waals surface area contributed by atoms with Gasteiger partial charge in [0.2, 0.25) is 5.91 Å². The van der Waals surface area contributed by atoms with Crippen LogP contribution in [0.4, 0.5) is 4.39 Å². The van der Waals surface area contributed by atoms with E-state index in [4.69, 9.17) is 11.6 Å². The molecule has 2 N–H and O–H groups in total. The number of carbonyl (C=O) groups is 1. The first-order valence-corrected chi connectivity index (χ1v) is 6.73. The highest BCUT2D eigenvalue weighted by atomic mass is 35.5. The third kappa shape index (κ3) is 6.03. The molecule has 0 heterocycles. The molecule has 1 amide bonds. The molecule has 3 nitrogen and oxygen atoms in total. The summed E-state index contributed by atoms with van der Waals surface area (Å²) in [6.07, 6.45) is 0.400. The van der Waals surface area contributed by atoms with Gasteiger partial charge in [0.05, 0.1) is 0 Å². The van der Waals surface area contributed by atoms with Crippen molar-refractivity contribution in [2.24, 2.45) is 0 Å². The zero-order valence-corrected chi connectivity index (χ0v) is 12.2. The summed E-state index contributed by atoms with van der Waals surface area (Å²) in [6.45, 7) is 6.29. The van der Waals surface area contributed by atoms with Crippen LogP contribution in [0.1, 0.15) is 32.8 Å². The summed E-state index contributed by atoms with van der Waals surface area (Å²) in [5.74, 6) is -0.335. The number of nitrogens with one attached hydrogen (secondary N) is 2. The molecule has 5 heteroatoms. The molecule has 0 aromatic heterocycles. The Morgan fingerprint density at radius 2 is 2.05 bits per heavy atom. The molecule has 0 saturated carbocycles. The Labute approximate surface area is 118 Å². The normalized spacial score (nSPS) is 12.5. The molecule has 1 aromatic rings. The summed E-state index contributed by atoms with van der Waals surface area (Å²) in [6, 6.07) is 4.48. The highest BCUT2D eigenvalue weighted by Gasteiger charge is 2.10. The fraction of sp³-hybridized carbons (Fsp3) is 0.500. The molecule has 0 spiro atoms. The lowest BCUT2D eigenvalue weighted by molar-refractivity contribution is -0.122. The Morgan fingerprint density at radius 3 is 2.63 bits per heavy atom.